The van der Waals surface area contributed by atoms with Crippen LogP contribution in [0.2, 0.25) is 5.02 Å². The molecule has 0 saturated carbocycles. The number of anilines is 1. The number of nitrogens with one attached hydrogen (secondary N) is 2. The summed E-state index contributed by atoms with van der Waals surface area (Å²) in [6, 6.07) is 14.2. The SMILES string of the molecule is Cc1nc(C(=O)NCC(=O)Nc2ccc(Br)cc2)nn1-c1ccccc1Cl. The van der Waals surface area contributed by atoms with Crippen molar-refractivity contribution in [3.63, 3.8) is 0 Å². The average Bonchev–Trinajstić information content (AvgIpc) is 3.04. The number of para-hydroxylation sites is 1. The molecule has 3 aromatic rings. The summed E-state index contributed by atoms with van der Waals surface area (Å²) >= 11 is 9.49. The fourth-order valence-electron chi connectivity index (χ4n) is 2.32. The number of nitrogens with zero attached hydrogens (tertiary/aromatic N) is 3. The minimum atomic E-state index is -0.546. The second-order valence-electron chi connectivity index (χ2n) is 5.58. The van der Waals surface area contributed by atoms with Crippen LogP contribution in [-0.4, -0.2) is 33.1 Å². The summed E-state index contributed by atoms with van der Waals surface area (Å²) in [6.07, 6.45) is 0. The highest BCUT2D eigenvalue weighted by molar-refractivity contribution is 9.10. The lowest BCUT2D eigenvalue weighted by atomic mass is 10.3. The topological polar surface area (TPSA) is 88.9 Å². The zero-order valence-electron chi connectivity index (χ0n) is 14.2. The van der Waals surface area contributed by atoms with Crippen molar-refractivity contribution in [1.29, 1.82) is 0 Å². The van der Waals surface area contributed by atoms with Crippen LogP contribution in [-0.2, 0) is 4.79 Å². The van der Waals surface area contributed by atoms with Crippen LogP contribution in [0.15, 0.2) is 53.0 Å². The van der Waals surface area contributed by atoms with Gasteiger partial charge in [-0.1, -0.05) is 39.7 Å². The molecule has 138 valence electrons. The number of aromatic nitrogens is 3. The number of rotatable bonds is 5. The maximum atomic E-state index is 12.3. The Hall–Kier alpha value is -2.71. The Morgan fingerprint density at radius 1 is 1.15 bits per heavy atom. The van der Waals surface area contributed by atoms with Crippen molar-refractivity contribution in [3.8, 4) is 5.69 Å². The summed E-state index contributed by atoms with van der Waals surface area (Å²) in [6.45, 7) is 1.52. The third kappa shape index (κ3) is 4.72. The lowest BCUT2D eigenvalue weighted by Gasteiger charge is -2.06. The third-order valence-electron chi connectivity index (χ3n) is 3.59. The Bertz CT molecular complexity index is 988. The molecule has 0 spiro atoms. The van der Waals surface area contributed by atoms with Crippen LogP contribution in [0.3, 0.4) is 0 Å². The van der Waals surface area contributed by atoms with Crippen molar-refractivity contribution >= 4 is 45.0 Å². The summed E-state index contributed by atoms with van der Waals surface area (Å²) in [5.74, 6) is -0.431. The molecule has 0 aliphatic heterocycles. The molecule has 1 aromatic heterocycles. The zero-order valence-corrected chi connectivity index (χ0v) is 16.6. The first-order valence-electron chi connectivity index (χ1n) is 7.96. The molecule has 2 aromatic carbocycles. The predicted octanol–water partition coefficient (Wildman–Crippen LogP) is 3.36. The number of halogens is 2. The lowest BCUT2D eigenvalue weighted by Crippen LogP contribution is -2.33. The molecule has 0 saturated heterocycles. The molecular weight excluding hydrogens is 434 g/mol. The summed E-state index contributed by atoms with van der Waals surface area (Å²) in [7, 11) is 0. The molecule has 7 nitrogen and oxygen atoms in total. The first-order valence-corrected chi connectivity index (χ1v) is 9.13. The van der Waals surface area contributed by atoms with E-state index in [1.807, 2.05) is 18.2 Å². The van der Waals surface area contributed by atoms with Crippen molar-refractivity contribution in [3.05, 3.63) is 69.7 Å². The summed E-state index contributed by atoms with van der Waals surface area (Å²) < 4.78 is 2.39. The number of aryl methyl sites for hydroxylation is 1. The summed E-state index contributed by atoms with van der Waals surface area (Å²) in [5.41, 5.74) is 1.26. The van der Waals surface area contributed by atoms with Gasteiger partial charge in [-0.2, -0.15) is 0 Å². The quantitative estimate of drug-likeness (QED) is 0.626. The van der Waals surface area contributed by atoms with Crippen molar-refractivity contribution in [2.75, 3.05) is 11.9 Å². The molecule has 0 radical (unpaired) electrons. The Balaban J connectivity index is 1.63. The molecule has 2 N–H and O–H groups in total. The van der Waals surface area contributed by atoms with E-state index in [-0.39, 0.29) is 18.3 Å². The second kappa shape index (κ2) is 8.32. The molecule has 2 amide bonds. The minimum absolute atomic E-state index is 0.0381. The van der Waals surface area contributed by atoms with E-state index in [4.69, 9.17) is 11.6 Å². The van der Waals surface area contributed by atoms with E-state index in [1.165, 1.54) is 4.68 Å². The molecule has 3 rings (SSSR count). The summed E-state index contributed by atoms with van der Waals surface area (Å²) in [5, 5.41) is 9.87. The second-order valence-corrected chi connectivity index (χ2v) is 6.91. The number of hydrogen-bond acceptors (Lipinski definition) is 4. The Morgan fingerprint density at radius 3 is 2.56 bits per heavy atom. The summed E-state index contributed by atoms with van der Waals surface area (Å²) in [4.78, 5) is 28.4. The molecule has 27 heavy (non-hydrogen) atoms. The van der Waals surface area contributed by atoms with Crippen molar-refractivity contribution in [1.82, 2.24) is 20.1 Å². The van der Waals surface area contributed by atoms with Crippen LogP contribution in [0.4, 0.5) is 5.69 Å². The van der Waals surface area contributed by atoms with Gasteiger partial charge in [0.15, 0.2) is 0 Å². The highest BCUT2D eigenvalue weighted by Gasteiger charge is 2.17. The fourth-order valence-corrected chi connectivity index (χ4v) is 2.80. The smallest absolute Gasteiger partial charge is 0.291 e. The van der Waals surface area contributed by atoms with Crippen LogP contribution in [0.5, 0.6) is 0 Å². The van der Waals surface area contributed by atoms with Crippen molar-refractivity contribution in [2.24, 2.45) is 0 Å². The maximum Gasteiger partial charge on any atom is 0.291 e. The normalized spacial score (nSPS) is 10.5. The highest BCUT2D eigenvalue weighted by atomic mass is 79.9. The third-order valence-corrected chi connectivity index (χ3v) is 4.44. The van der Waals surface area contributed by atoms with Crippen LogP contribution in [0.25, 0.3) is 5.69 Å². The van der Waals surface area contributed by atoms with E-state index in [0.29, 0.717) is 22.2 Å². The fraction of sp³-hybridized carbons (Fsp3) is 0.111. The van der Waals surface area contributed by atoms with E-state index >= 15 is 0 Å². The first-order chi connectivity index (χ1) is 12.9. The number of carbonyl (C=O) groups is 2. The van der Waals surface area contributed by atoms with Crippen LogP contribution >= 0.6 is 27.5 Å². The van der Waals surface area contributed by atoms with Crippen LogP contribution in [0.1, 0.15) is 16.4 Å². The van der Waals surface area contributed by atoms with Gasteiger partial charge in [-0.15, -0.1) is 5.10 Å². The number of carbonyl (C=O) groups excluding carboxylic acids is 2. The van der Waals surface area contributed by atoms with Gasteiger partial charge in [0.1, 0.15) is 5.82 Å². The maximum absolute atomic E-state index is 12.3. The van der Waals surface area contributed by atoms with Gasteiger partial charge < -0.3 is 10.6 Å². The van der Waals surface area contributed by atoms with Gasteiger partial charge in [0.25, 0.3) is 5.91 Å². The van der Waals surface area contributed by atoms with E-state index < -0.39 is 5.91 Å². The number of benzene rings is 2. The van der Waals surface area contributed by atoms with Gasteiger partial charge in [0, 0.05) is 10.2 Å². The van der Waals surface area contributed by atoms with E-state index in [9.17, 15) is 9.59 Å². The molecule has 0 aliphatic carbocycles. The van der Waals surface area contributed by atoms with Gasteiger partial charge in [-0.05, 0) is 43.3 Å². The van der Waals surface area contributed by atoms with Crippen LogP contribution < -0.4 is 10.6 Å². The Labute approximate surface area is 168 Å². The molecule has 0 bridgehead atoms. The minimum Gasteiger partial charge on any atom is -0.340 e. The van der Waals surface area contributed by atoms with E-state index in [0.717, 1.165) is 4.47 Å². The van der Waals surface area contributed by atoms with Gasteiger partial charge in [0.05, 0.1) is 17.3 Å². The largest absolute Gasteiger partial charge is 0.340 e. The van der Waals surface area contributed by atoms with Gasteiger partial charge in [-0.3, -0.25) is 9.59 Å². The van der Waals surface area contributed by atoms with Crippen molar-refractivity contribution in [2.45, 2.75) is 6.92 Å². The number of amides is 2. The average molecular weight is 449 g/mol. The van der Waals surface area contributed by atoms with Crippen LogP contribution in [0, 0.1) is 6.92 Å². The molecule has 0 aliphatic rings. The zero-order chi connectivity index (χ0) is 19.4. The van der Waals surface area contributed by atoms with E-state index in [1.54, 1.807) is 37.3 Å². The van der Waals surface area contributed by atoms with Gasteiger partial charge in [-0.25, -0.2) is 9.67 Å². The lowest BCUT2D eigenvalue weighted by molar-refractivity contribution is -0.115. The van der Waals surface area contributed by atoms with Gasteiger partial charge >= 0.3 is 0 Å². The molecule has 0 atom stereocenters. The highest BCUT2D eigenvalue weighted by Crippen LogP contribution is 2.20. The van der Waals surface area contributed by atoms with Crippen molar-refractivity contribution < 1.29 is 9.59 Å². The molecule has 9 heteroatoms. The molecule has 0 fully saturated rings. The Morgan fingerprint density at radius 2 is 1.85 bits per heavy atom. The monoisotopic (exact) mass is 447 g/mol. The van der Waals surface area contributed by atoms with Gasteiger partial charge in [0.2, 0.25) is 11.7 Å². The predicted molar refractivity (Wildman–Crippen MR) is 106 cm³/mol. The molecule has 1 heterocycles. The number of hydrogen-bond donors (Lipinski definition) is 2. The molecular formula is C18H15BrClN5O2. The molecule has 0 unspecified atom stereocenters. The standard InChI is InChI=1S/C18H15BrClN5O2/c1-11-22-17(24-25(11)15-5-3-2-4-14(15)20)18(27)21-10-16(26)23-13-8-6-12(19)7-9-13/h2-9H,10H2,1H3,(H,21,27)(H,23,26). The first kappa shape index (κ1) is 19.1. The van der Waals surface area contributed by atoms with E-state index in [2.05, 4.69) is 36.6 Å². The Kier molecular flexibility index (Phi) is 5.88.